The number of allylic oxidation sites excluding steroid dienone is 2. The summed E-state index contributed by atoms with van der Waals surface area (Å²) < 4.78 is 17.5. The summed E-state index contributed by atoms with van der Waals surface area (Å²) in [5.74, 6) is -0.675. The van der Waals surface area contributed by atoms with Gasteiger partial charge in [0.1, 0.15) is 18.3 Å². The highest BCUT2D eigenvalue weighted by Gasteiger charge is 2.55. The molecular formula is C15H22N2O4. The molecule has 0 aromatic carbocycles. The smallest absolute Gasteiger partial charge is 0.164 e. The molecule has 4 atom stereocenters. The Bertz CT molecular complexity index is 483. The number of aliphatic hydroxyl groups is 1. The SMILES string of the molecule is CC1(C)O[C@@H]2[C@H](O1)[C@@H](CO)O[C@H]2NC1=C(C#N)CCCC1. The number of nitrogens with zero attached hydrogens (tertiary/aromatic N) is 1. The molecule has 3 rings (SSSR count). The van der Waals surface area contributed by atoms with Crippen LogP contribution in [0.2, 0.25) is 0 Å². The molecule has 2 aliphatic heterocycles. The van der Waals surface area contributed by atoms with Gasteiger partial charge in [-0.15, -0.1) is 0 Å². The van der Waals surface area contributed by atoms with Crippen LogP contribution in [0.3, 0.4) is 0 Å². The topological polar surface area (TPSA) is 83.7 Å². The Morgan fingerprint density at radius 2 is 2.00 bits per heavy atom. The van der Waals surface area contributed by atoms with Crippen molar-refractivity contribution in [2.75, 3.05) is 6.61 Å². The van der Waals surface area contributed by atoms with Crippen LogP contribution >= 0.6 is 0 Å². The second kappa shape index (κ2) is 5.58. The Kier molecular flexibility index (Phi) is 3.93. The Balaban J connectivity index is 1.77. The molecule has 0 saturated carbocycles. The van der Waals surface area contributed by atoms with E-state index in [1.54, 1.807) is 0 Å². The van der Waals surface area contributed by atoms with Crippen molar-refractivity contribution in [3.63, 3.8) is 0 Å². The van der Waals surface area contributed by atoms with E-state index in [0.717, 1.165) is 37.0 Å². The number of rotatable bonds is 3. The molecule has 1 aliphatic carbocycles. The van der Waals surface area contributed by atoms with Crippen molar-refractivity contribution < 1.29 is 19.3 Å². The standard InChI is InChI=1S/C15H22N2O4/c1-15(2)20-12-11(8-18)19-14(13(12)21-15)17-10-6-4-3-5-9(10)7-16/h11-14,17-18H,3-6,8H2,1-2H3/t11-,12-,13-,14-/m1/s1. The van der Waals surface area contributed by atoms with Crippen LogP contribution in [0.15, 0.2) is 11.3 Å². The van der Waals surface area contributed by atoms with Gasteiger partial charge < -0.3 is 24.6 Å². The summed E-state index contributed by atoms with van der Waals surface area (Å²) in [5, 5.41) is 22.0. The molecule has 0 bridgehead atoms. The summed E-state index contributed by atoms with van der Waals surface area (Å²) in [5.41, 5.74) is 1.74. The van der Waals surface area contributed by atoms with E-state index in [0.29, 0.717) is 0 Å². The Morgan fingerprint density at radius 1 is 1.29 bits per heavy atom. The lowest BCUT2D eigenvalue weighted by molar-refractivity contribution is -0.192. The van der Waals surface area contributed by atoms with E-state index in [1.807, 2.05) is 13.8 Å². The monoisotopic (exact) mass is 294 g/mol. The normalized spacial score (nSPS) is 38.2. The van der Waals surface area contributed by atoms with Crippen LogP contribution in [0.1, 0.15) is 39.5 Å². The zero-order chi connectivity index (χ0) is 15.0. The van der Waals surface area contributed by atoms with Crippen molar-refractivity contribution in [1.82, 2.24) is 5.32 Å². The average Bonchev–Trinajstić information content (AvgIpc) is 2.93. The molecular weight excluding hydrogens is 272 g/mol. The van der Waals surface area contributed by atoms with Crippen LogP contribution < -0.4 is 5.32 Å². The van der Waals surface area contributed by atoms with Gasteiger partial charge in [0.2, 0.25) is 0 Å². The van der Waals surface area contributed by atoms with Crippen molar-refractivity contribution in [2.45, 2.75) is 69.9 Å². The van der Waals surface area contributed by atoms with Crippen LogP contribution in [0.25, 0.3) is 0 Å². The Hall–Kier alpha value is -1.13. The Morgan fingerprint density at radius 3 is 2.71 bits per heavy atom. The molecule has 0 aromatic rings. The molecule has 2 saturated heterocycles. The van der Waals surface area contributed by atoms with Crippen molar-refractivity contribution >= 4 is 0 Å². The average molecular weight is 294 g/mol. The van der Waals surface area contributed by atoms with Crippen LogP contribution in [0.5, 0.6) is 0 Å². The van der Waals surface area contributed by atoms with Crippen LogP contribution in [-0.4, -0.2) is 42.0 Å². The summed E-state index contributed by atoms with van der Waals surface area (Å²) in [6, 6.07) is 2.27. The lowest BCUT2D eigenvalue weighted by atomic mass is 9.97. The minimum absolute atomic E-state index is 0.108. The molecule has 6 heteroatoms. The second-order valence-electron chi connectivity index (χ2n) is 6.26. The predicted molar refractivity (Wildman–Crippen MR) is 73.8 cm³/mol. The zero-order valence-corrected chi connectivity index (χ0v) is 12.5. The van der Waals surface area contributed by atoms with E-state index < -0.39 is 11.9 Å². The highest BCUT2D eigenvalue weighted by atomic mass is 16.8. The van der Waals surface area contributed by atoms with Crippen molar-refractivity contribution in [2.24, 2.45) is 0 Å². The zero-order valence-electron chi connectivity index (χ0n) is 12.5. The molecule has 0 aromatic heterocycles. The first-order valence-electron chi connectivity index (χ1n) is 7.54. The van der Waals surface area contributed by atoms with Gasteiger partial charge >= 0.3 is 0 Å². The number of hydrogen-bond donors (Lipinski definition) is 2. The van der Waals surface area contributed by atoms with Crippen LogP contribution in [0.4, 0.5) is 0 Å². The predicted octanol–water partition coefficient (Wildman–Crippen LogP) is 1.16. The molecule has 2 N–H and O–H groups in total. The largest absolute Gasteiger partial charge is 0.394 e. The first-order chi connectivity index (χ1) is 10.0. The summed E-state index contributed by atoms with van der Waals surface area (Å²) in [6.45, 7) is 3.61. The molecule has 2 heterocycles. The van der Waals surface area contributed by atoms with E-state index >= 15 is 0 Å². The van der Waals surface area contributed by atoms with E-state index in [2.05, 4.69) is 11.4 Å². The second-order valence-corrected chi connectivity index (χ2v) is 6.26. The highest BCUT2D eigenvalue weighted by molar-refractivity contribution is 5.29. The van der Waals surface area contributed by atoms with Gasteiger partial charge in [-0.2, -0.15) is 5.26 Å². The number of nitrogens with one attached hydrogen (secondary N) is 1. The van der Waals surface area contributed by atoms with Gasteiger partial charge in [-0.25, -0.2) is 0 Å². The summed E-state index contributed by atoms with van der Waals surface area (Å²) in [6.07, 6.45) is 2.45. The van der Waals surface area contributed by atoms with Crippen molar-refractivity contribution in [1.29, 1.82) is 5.26 Å². The van der Waals surface area contributed by atoms with E-state index in [-0.39, 0.29) is 25.0 Å². The molecule has 116 valence electrons. The minimum Gasteiger partial charge on any atom is -0.394 e. The number of aliphatic hydroxyl groups excluding tert-OH is 1. The minimum atomic E-state index is -0.675. The van der Waals surface area contributed by atoms with E-state index in [4.69, 9.17) is 14.2 Å². The van der Waals surface area contributed by atoms with Gasteiger partial charge in [0.25, 0.3) is 0 Å². The van der Waals surface area contributed by atoms with Gasteiger partial charge in [-0.3, -0.25) is 0 Å². The summed E-state index contributed by atoms with van der Waals surface area (Å²) >= 11 is 0. The molecule has 2 fully saturated rings. The fourth-order valence-electron chi connectivity index (χ4n) is 3.30. The molecule has 3 aliphatic rings. The fourth-order valence-corrected chi connectivity index (χ4v) is 3.30. The third-order valence-corrected chi connectivity index (χ3v) is 4.25. The fraction of sp³-hybridized carbons (Fsp3) is 0.800. The first kappa shape index (κ1) is 14.8. The maximum atomic E-state index is 9.45. The van der Waals surface area contributed by atoms with Crippen molar-refractivity contribution in [3.8, 4) is 6.07 Å². The maximum Gasteiger partial charge on any atom is 0.164 e. The first-order valence-corrected chi connectivity index (χ1v) is 7.54. The number of fused-ring (bicyclic) bond motifs is 1. The Labute approximate surface area is 124 Å². The van der Waals surface area contributed by atoms with E-state index in [9.17, 15) is 10.4 Å². The van der Waals surface area contributed by atoms with Gasteiger partial charge in [0.15, 0.2) is 12.0 Å². The number of ether oxygens (including phenoxy) is 3. The third-order valence-electron chi connectivity index (χ3n) is 4.25. The van der Waals surface area contributed by atoms with Crippen molar-refractivity contribution in [3.05, 3.63) is 11.3 Å². The molecule has 0 spiro atoms. The highest BCUT2D eigenvalue weighted by Crippen LogP contribution is 2.38. The molecule has 0 unspecified atom stereocenters. The number of nitriles is 1. The van der Waals surface area contributed by atoms with Crippen LogP contribution in [-0.2, 0) is 14.2 Å². The molecule has 6 nitrogen and oxygen atoms in total. The third kappa shape index (κ3) is 2.79. The van der Waals surface area contributed by atoms with Gasteiger partial charge in [-0.05, 0) is 39.5 Å². The molecule has 0 radical (unpaired) electrons. The summed E-state index contributed by atoms with van der Waals surface area (Å²) in [4.78, 5) is 0. The number of hydrogen-bond acceptors (Lipinski definition) is 6. The van der Waals surface area contributed by atoms with E-state index in [1.165, 1.54) is 0 Å². The van der Waals surface area contributed by atoms with Gasteiger partial charge in [0, 0.05) is 11.3 Å². The van der Waals surface area contributed by atoms with Crippen LogP contribution in [0, 0.1) is 11.3 Å². The maximum absolute atomic E-state index is 9.45. The lowest BCUT2D eigenvalue weighted by Gasteiger charge is -2.27. The summed E-state index contributed by atoms with van der Waals surface area (Å²) in [7, 11) is 0. The van der Waals surface area contributed by atoms with Gasteiger partial charge in [0.05, 0.1) is 12.7 Å². The lowest BCUT2D eigenvalue weighted by Crippen LogP contribution is -2.41. The molecule has 21 heavy (non-hydrogen) atoms. The molecule has 0 amide bonds. The van der Waals surface area contributed by atoms with Gasteiger partial charge in [-0.1, -0.05) is 0 Å². The quantitative estimate of drug-likeness (QED) is 0.813.